The molecule has 0 N–H and O–H groups in total. The van der Waals surface area contributed by atoms with Gasteiger partial charge in [-0.25, -0.2) is 4.79 Å². The number of nitrogens with zero attached hydrogens (tertiary/aromatic N) is 1. The largest absolute Gasteiger partial charge is 0.444 e. The van der Waals surface area contributed by atoms with Crippen LogP contribution in [0.15, 0.2) is 54.6 Å². The van der Waals surface area contributed by atoms with Crippen LogP contribution in [0, 0.1) is 0 Å². The van der Waals surface area contributed by atoms with Crippen LogP contribution in [0.3, 0.4) is 0 Å². The second kappa shape index (κ2) is 5.58. The van der Waals surface area contributed by atoms with Crippen LogP contribution in [0.2, 0.25) is 0 Å². The van der Waals surface area contributed by atoms with Crippen LogP contribution in [0.25, 0.3) is 0 Å². The summed E-state index contributed by atoms with van der Waals surface area (Å²) in [5.74, 6) is -0.288. The van der Waals surface area contributed by atoms with Crippen molar-refractivity contribution in [3.63, 3.8) is 0 Å². The van der Waals surface area contributed by atoms with Crippen molar-refractivity contribution in [2.75, 3.05) is 4.90 Å². The number of fused-ring (bicyclic) bond motifs is 1. The summed E-state index contributed by atoms with van der Waals surface area (Å²) in [4.78, 5) is 25.4. The smallest absolute Gasteiger partial charge is 0.416 e. The highest BCUT2D eigenvalue weighted by atomic mass is 35.5. The van der Waals surface area contributed by atoms with E-state index in [1.54, 1.807) is 24.3 Å². The molecular formula is C16H12ClNO3. The zero-order valence-electron chi connectivity index (χ0n) is 11.0. The Bertz CT molecular complexity index is 687. The fraction of sp³-hybridized carbons (Fsp3) is 0.125. The molecule has 0 saturated carbocycles. The number of rotatable bonds is 2. The molecule has 1 amide bonds. The highest BCUT2D eigenvalue weighted by Gasteiger charge is 2.40. The second-order valence-electron chi connectivity index (χ2n) is 4.63. The summed E-state index contributed by atoms with van der Waals surface area (Å²) in [7, 11) is 0. The van der Waals surface area contributed by atoms with Crippen molar-refractivity contribution in [1.29, 1.82) is 0 Å². The molecule has 1 aliphatic heterocycles. The van der Waals surface area contributed by atoms with Gasteiger partial charge in [-0.2, -0.15) is 0 Å². The lowest BCUT2D eigenvalue weighted by Gasteiger charge is -2.19. The van der Waals surface area contributed by atoms with Crippen molar-refractivity contribution < 1.29 is 14.3 Å². The Morgan fingerprint density at radius 2 is 1.76 bits per heavy atom. The summed E-state index contributed by atoms with van der Waals surface area (Å²) in [6.07, 6.45) is -0.628. The summed E-state index contributed by atoms with van der Waals surface area (Å²) >= 11 is 6.05. The third kappa shape index (κ3) is 2.50. The molecule has 0 saturated heterocycles. The van der Waals surface area contributed by atoms with Gasteiger partial charge in [-0.15, -0.1) is 0 Å². The number of carbonyl (C=O) groups excluding carboxylic acids is 2. The average Bonchev–Trinajstić information content (AvgIpc) is 2.78. The third-order valence-electron chi connectivity index (χ3n) is 3.27. The molecule has 2 aromatic rings. The van der Waals surface area contributed by atoms with Gasteiger partial charge >= 0.3 is 6.09 Å². The van der Waals surface area contributed by atoms with Crippen molar-refractivity contribution >= 4 is 29.2 Å². The van der Waals surface area contributed by atoms with Crippen LogP contribution in [0.5, 0.6) is 0 Å². The molecule has 0 bridgehead atoms. The molecule has 1 heterocycles. The van der Waals surface area contributed by atoms with E-state index in [4.69, 9.17) is 16.3 Å². The van der Waals surface area contributed by atoms with Gasteiger partial charge in [0.15, 0.2) is 5.50 Å². The number of hydrogen-bond acceptors (Lipinski definition) is 3. The van der Waals surface area contributed by atoms with E-state index >= 15 is 0 Å². The molecule has 4 nitrogen and oxygen atoms in total. The Morgan fingerprint density at radius 1 is 1.10 bits per heavy atom. The molecule has 0 radical (unpaired) electrons. The van der Waals surface area contributed by atoms with Crippen LogP contribution < -0.4 is 4.90 Å². The molecular weight excluding hydrogens is 290 g/mol. The fourth-order valence-electron chi connectivity index (χ4n) is 2.24. The number of anilines is 1. The normalized spacial score (nSPS) is 16.7. The average molecular weight is 302 g/mol. The molecule has 106 valence electrons. The standard InChI is InChI=1S/C16H12ClNO3/c17-15-14(19)12-8-4-5-9-13(12)18(15)16(20)21-10-11-6-2-1-3-7-11/h1-9,15H,10H2/t15-/m1/s1. The Labute approximate surface area is 126 Å². The zero-order valence-corrected chi connectivity index (χ0v) is 11.8. The fourth-order valence-corrected chi connectivity index (χ4v) is 2.54. The van der Waals surface area contributed by atoms with E-state index in [9.17, 15) is 9.59 Å². The first kappa shape index (κ1) is 13.6. The van der Waals surface area contributed by atoms with Crippen molar-refractivity contribution in [1.82, 2.24) is 0 Å². The lowest BCUT2D eigenvalue weighted by molar-refractivity contribution is 0.0988. The van der Waals surface area contributed by atoms with E-state index in [1.807, 2.05) is 30.3 Å². The highest BCUT2D eigenvalue weighted by molar-refractivity contribution is 6.40. The van der Waals surface area contributed by atoms with E-state index in [-0.39, 0.29) is 12.4 Å². The number of halogens is 1. The first-order chi connectivity index (χ1) is 10.2. The molecule has 3 rings (SSSR count). The molecule has 0 spiro atoms. The first-order valence-corrected chi connectivity index (χ1v) is 6.89. The van der Waals surface area contributed by atoms with E-state index in [0.717, 1.165) is 5.56 Å². The zero-order chi connectivity index (χ0) is 14.8. The summed E-state index contributed by atoms with van der Waals surface area (Å²) in [6.45, 7) is 0.135. The molecule has 5 heteroatoms. The number of benzene rings is 2. The summed E-state index contributed by atoms with van der Waals surface area (Å²) in [6, 6.07) is 16.1. The van der Waals surface area contributed by atoms with E-state index in [2.05, 4.69) is 0 Å². The number of amides is 1. The van der Waals surface area contributed by atoms with Gasteiger partial charge < -0.3 is 4.74 Å². The SMILES string of the molecule is O=C1c2ccccc2N(C(=O)OCc2ccccc2)[C@H]1Cl. The quantitative estimate of drug-likeness (QED) is 0.629. The number of carbonyl (C=O) groups is 2. The Kier molecular flexibility index (Phi) is 3.62. The lowest BCUT2D eigenvalue weighted by Crippen LogP contribution is -2.36. The summed E-state index contributed by atoms with van der Waals surface area (Å²) < 4.78 is 5.24. The Morgan fingerprint density at radius 3 is 2.52 bits per heavy atom. The maximum Gasteiger partial charge on any atom is 0.416 e. The minimum atomic E-state index is -1.05. The Balaban J connectivity index is 1.77. The van der Waals surface area contributed by atoms with Crippen molar-refractivity contribution in [3.8, 4) is 0 Å². The first-order valence-electron chi connectivity index (χ1n) is 6.45. The van der Waals surface area contributed by atoms with Gasteiger partial charge in [0.1, 0.15) is 6.61 Å². The molecule has 21 heavy (non-hydrogen) atoms. The van der Waals surface area contributed by atoms with Gasteiger partial charge in [0.05, 0.1) is 5.69 Å². The van der Waals surface area contributed by atoms with Gasteiger partial charge in [-0.05, 0) is 17.7 Å². The number of hydrogen-bond donors (Lipinski definition) is 0. The van der Waals surface area contributed by atoms with E-state index in [1.165, 1.54) is 4.90 Å². The van der Waals surface area contributed by atoms with Gasteiger partial charge in [0.25, 0.3) is 0 Å². The molecule has 1 aliphatic rings. The second-order valence-corrected chi connectivity index (χ2v) is 5.04. The van der Waals surface area contributed by atoms with Gasteiger partial charge in [-0.1, -0.05) is 54.1 Å². The van der Waals surface area contributed by atoms with E-state index < -0.39 is 11.6 Å². The minimum absolute atomic E-state index is 0.135. The van der Waals surface area contributed by atoms with Crippen LogP contribution in [0.4, 0.5) is 10.5 Å². The van der Waals surface area contributed by atoms with Crippen LogP contribution in [-0.2, 0) is 11.3 Å². The highest BCUT2D eigenvalue weighted by Crippen LogP contribution is 2.34. The summed E-state index contributed by atoms with van der Waals surface area (Å²) in [5, 5.41) is 0. The summed E-state index contributed by atoms with van der Waals surface area (Å²) in [5.41, 5.74) is 0.746. The maximum atomic E-state index is 12.2. The number of para-hydroxylation sites is 1. The molecule has 0 unspecified atom stereocenters. The predicted octanol–water partition coefficient (Wildman–Crippen LogP) is 3.59. The molecule has 0 aromatic heterocycles. The predicted molar refractivity (Wildman–Crippen MR) is 79.5 cm³/mol. The van der Waals surface area contributed by atoms with Gasteiger partial charge in [0.2, 0.25) is 5.78 Å². The van der Waals surface area contributed by atoms with E-state index in [0.29, 0.717) is 11.3 Å². The number of alkyl halides is 1. The number of Topliss-reactive ketones (excluding diaryl/α,β-unsaturated/α-hetero) is 1. The maximum absolute atomic E-state index is 12.2. The lowest BCUT2D eigenvalue weighted by atomic mass is 10.1. The van der Waals surface area contributed by atoms with Crippen molar-refractivity contribution in [2.24, 2.45) is 0 Å². The molecule has 1 atom stereocenters. The van der Waals surface area contributed by atoms with Crippen molar-refractivity contribution in [3.05, 3.63) is 65.7 Å². The Hall–Kier alpha value is -2.33. The van der Waals surface area contributed by atoms with Crippen LogP contribution in [0.1, 0.15) is 15.9 Å². The number of ether oxygens (including phenoxy) is 1. The van der Waals surface area contributed by atoms with Crippen molar-refractivity contribution in [2.45, 2.75) is 12.1 Å². The number of ketones is 1. The van der Waals surface area contributed by atoms with Crippen LogP contribution >= 0.6 is 11.6 Å². The molecule has 2 aromatic carbocycles. The van der Waals surface area contributed by atoms with Crippen LogP contribution in [-0.4, -0.2) is 17.4 Å². The topological polar surface area (TPSA) is 46.6 Å². The van der Waals surface area contributed by atoms with Gasteiger partial charge in [0, 0.05) is 5.56 Å². The monoisotopic (exact) mass is 301 g/mol. The minimum Gasteiger partial charge on any atom is -0.444 e. The molecule has 0 aliphatic carbocycles. The third-order valence-corrected chi connectivity index (χ3v) is 3.67. The molecule has 0 fully saturated rings. The van der Waals surface area contributed by atoms with Gasteiger partial charge in [-0.3, -0.25) is 9.69 Å².